The molecular weight excluding hydrogens is 384 g/mol. The van der Waals surface area contributed by atoms with Gasteiger partial charge in [0.25, 0.3) is 5.91 Å². The molecule has 0 heterocycles. The lowest BCUT2D eigenvalue weighted by Gasteiger charge is -2.18. The first-order valence-corrected chi connectivity index (χ1v) is 9.98. The van der Waals surface area contributed by atoms with E-state index in [9.17, 15) is 18.0 Å². The maximum Gasteiger partial charge on any atom is 0.347 e. The number of benzene rings is 2. The van der Waals surface area contributed by atoms with Crippen LogP contribution in [0.4, 0.5) is 5.69 Å². The van der Waals surface area contributed by atoms with Crippen LogP contribution in [-0.4, -0.2) is 32.5 Å². The van der Waals surface area contributed by atoms with Gasteiger partial charge in [-0.15, -0.1) is 0 Å². The van der Waals surface area contributed by atoms with E-state index >= 15 is 0 Å². The molecule has 0 unspecified atom stereocenters. The summed E-state index contributed by atoms with van der Waals surface area (Å²) in [5.74, 6) is -0.732. The van der Waals surface area contributed by atoms with E-state index in [2.05, 4.69) is 5.32 Å². The van der Waals surface area contributed by atoms with Crippen LogP contribution in [-0.2, 0) is 24.3 Å². The van der Waals surface area contributed by atoms with Crippen LogP contribution in [0, 0.1) is 6.92 Å². The number of primary sulfonamides is 1. The van der Waals surface area contributed by atoms with Crippen molar-refractivity contribution >= 4 is 27.6 Å². The first kappa shape index (κ1) is 21.4. The molecule has 0 aliphatic carbocycles. The minimum absolute atomic E-state index is 0.0768. The maximum absolute atomic E-state index is 12.2. The molecule has 0 bridgehead atoms. The van der Waals surface area contributed by atoms with E-state index < -0.39 is 34.1 Å². The summed E-state index contributed by atoms with van der Waals surface area (Å²) in [5, 5.41) is 7.55. The monoisotopic (exact) mass is 406 g/mol. The van der Waals surface area contributed by atoms with Crippen molar-refractivity contribution in [1.82, 2.24) is 0 Å². The Morgan fingerprint density at radius 3 is 2.25 bits per heavy atom. The number of sulfonamides is 1. The third-order valence-electron chi connectivity index (χ3n) is 3.75. The van der Waals surface area contributed by atoms with Gasteiger partial charge in [0.15, 0.2) is 12.2 Å². The van der Waals surface area contributed by atoms with Crippen molar-refractivity contribution in [3.8, 4) is 5.75 Å². The average Bonchev–Trinajstić information content (AvgIpc) is 2.61. The zero-order valence-corrected chi connectivity index (χ0v) is 16.5. The van der Waals surface area contributed by atoms with Gasteiger partial charge in [0.05, 0.1) is 4.90 Å². The molecule has 28 heavy (non-hydrogen) atoms. The normalized spacial score (nSPS) is 13.3. The third kappa shape index (κ3) is 6.07. The van der Waals surface area contributed by atoms with E-state index in [0.29, 0.717) is 11.4 Å². The van der Waals surface area contributed by atoms with Gasteiger partial charge in [-0.25, -0.2) is 18.4 Å². The van der Waals surface area contributed by atoms with Crippen molar-refractivity contribution in [2.45, 2.75) is 37.9 Å². The highest BCUT2D eigenvalue weighted by Gasteiger charge is 2.23. The van der Waals surface area contributed by atoms with Gasteiger partial charge in [0, 0.05) is 5.69 Å². The SMILES string of the molecule is Cc1cccc(O[C@H](C)C(=O)O[C@@H](C)C(=O)Nc2ccc(S(N)(=O)=O)cc2)c1. The summed E-state index contributed by atoms with van der Waals surface area (Å²) in [7, 11) is -3.81. The van der Waals surface area contributed by atoms with E-state index in [1.807, 2.05) is 13.0 Å². The van der Waals surface area contributed by atoms with Crippen LogP contribution in [0.2, 0.25) is 0 Å². The summed E-state index contributed by atoms with van der Waals surface area (Å²) in [6.07, 6.45) is -1.97. The van der Waals surface area contributed by atoms with Crippen molar-refractivity contribution < 1.29 is 27.5 Å². The van der Waals surface area contributed by atoms with Crippen LogP contribution in [0.25, 0.3) is 0 Å². The minimum atomic E-state index is -3.81. The van der Waals surface area contributed by atoms with Crippen molar-refractivity contribution in [3.05, 3.63) is 54.1 Å². The summed E-state index contributed by atoms with van der Waals surface area (Å²) < 4.78 is 33.1. The topological polar surface area (TPSA) is 125 Å². The number of hydrogen-bond acceptors (Lipinski definition) is 6. The van der Waals surface area contributed by atoms with Crippen LogP contribution in [0.1, 0.15) is 19.4 Å². The molecule has 0 saturated carbocycles. The number of carbonyl (C=O) groups excluding carboxylic acids is 2. The van der Waals surface area contributed by atoms with E-state index in [4.69, 9.17) is 14.6 Å². The fourth-order valence-corrected chi connectivity index (χ4v) is 2.75. The summed E-state index contributed by atoms with van der Waals surface area (Å²) in [5.41, 5.74) is 1.32. The van der Waals surface area contributed by atoms with E-state index in [0.717, 1.165) is 5.56 Å². The number of amides is 1. The zero-order chi connectivity index (χ0) is 20.9. The van der Waals surface area contributed by atoms with E-state index in [1.165, 1.54) is 38.1 Å². The van der Waals surface area contributed by atoms with Gasteiger partial charge in [-0.05, 0) is 62.7 Å². The largest absolute Gasteiger partial charge is 0.479 e. The molecule has 2 atom stereocenters. The fraction of sp³-hybridized carbons (Fsp3) is 0.263. The number of rotatable bonds is 7. The number of anilines is 1. The summed E-state index contributed by atoms with van der Waals surface area (Å²) in [6.45, 7) is 4.85. The Hall–Kier alpha value is -2.91. The second kappa shape index (κ2) is 8.85. The molecule has 0 radical (unpaired) electrons. The van der Waals surface area contributed by atoms with Gasteiger partial charge < -0.3 is 14.8 Å². The molecule has 0 fully saturated rings. The number of hydrogen-bond donors (Lipinski definition) is 2. The molecule has 3 N–H and O–H groups in total. The fourth-order valence-electron chi connectivity index (χ4n) is 2.24. The molecule has 150 valence electrons. The Bertz CT molecular complexity index is 957. The number of nitrogens with two attached hydrogens (primary N) is 1. The Morgan fingerprint density at radius 2 is 1.68 bits per heavy atom. The number of nitrogens with one attached hydrogen (secondary N) is 1. The van der Waals surface area contributed by atoms with Crippen molar-refractivity contribution in [1.29, 1.82) is 0 Å². The van der Waals surface area contributed by atoms with Crippen LogP contribution in [0.15, 0.2) is 53.4 Å². The Kier molecular flexibility index (Phi) is 6.76. The Labute approximate surface area is 163 Å². The number of esters is 1. The number of ether oxygens (including phenoxy) is 2. The molecule has 1 amide bonds. The maximum atomic E-state index is 12.2. The van der Waals surface area contributed by atoms with Crippen LogP contribution >= 0.6 is 0 Å². The molecule has 0 aromatic heterocycles. The predicted octanol–water partition coefficient (Wildman–Crippen LogP) is 1.98. The van der Waals surface area contributed by atoms with Gasteiger partial charge in [-0.1, -0.05) is 12.1 Å². The van der Waals surface area contributed by atoms with E-state index in [-0.39, 0.29) is 4.90 Å². The van der Waals surface area contributed by atoms with Gasteiger partial charge in [0.1, 0.15) is 5.75 Å². The summed E-state index contributed by atoms with van der Waals surface area (Å²) in [4.78, 5) is 24.3. The highest BCUT2D eigenvalue weighted by atomic mass is 32.2. The highest BCUT2D eigenvalue weighted by Crippen LogP contribution is 2.16. The molecule has 2 aromatic carbocycles. The molecule has 9 heteroatoms. The summed E-state index contributed by atoms with van der Waals surface area (Å²) in [6, 6.07) is 12.5. The predicted molar refractivity (Wildman–Crippen MR) is 103 cm³/mol. The van der Waals surface area contributed by atoms with Gasteiger partial charge in [-0.3, -0.25) is 4.79 Å². The molecule has 0 aliphatic heterocycles. The first-order valence-electron chi connectivity index (χ1n) is 8.44. The third-order valence-corrected chi connectivity index (χ3v) is 4.68. The molecule has 0 saturated heterocycles. The Morgan fingerprint density at radius 1 is 1.04 bits per heavy atom. The molecule has 0 aliphatic rings. The minimum Gasteiger partial charge on any atom is -0.479 e. The van der Waals surface area contributed by atoms with Crippen LogP contribution in [0.3, 0.4) is 0 Å². The molecule has 2 aromatic rings. The molecule has 2 rings (SSSR count). The molecule has 0 spiro atoms. The first-order chi connectivity index (χ1) is 13.1. The quantitative estimate of drug-likeness (QED) is 0.678. The molecular formula is C19H22N2O6S. The van der Waals surface area contributed by atoms with Crippen LogP contribution < -0.4 is 15.2 Å². The lowest BCUT2D eigenvalue weighted by atomic mass is 10.2. The van der Waals surface area contributed by atoms with Crippen molar-refractivity contribution in [2.24, 2.45) is 5.14 Å². The smallest absolute Gasteiger partial charge is 0.347 e. The van der Waals surface area contributed by atoms with Crippen LogP contribution in [0.5, 0.6) is 5.75 Å². The second-order valence-corrected chi connectivity index (χ2v) is 7.78. The lowest BCUT2D eigenvalue weighted by molar-refractivity contribution is -0.159. The van der Waals surface area contributed by atoms with E-state index in [1.54, 1.807) is 18.2 Å². The number of carbonyl (C=O) groups is 2. The van der Waals surface area contributed by atoms with Crippen molar-refractivity contribution in [3.63, 3.8) is 0 Å². The average molecular weight is 406 g/mol. The summed E-state index contributed by atoms with van der Waals surface area (Å²) >= 11 is 0. The highest BCUT2D eigenvalue weighted by molar-refractivity contribution is 7.89. The Balaban J connectivity index is 1.91. The number of aryl methyl sites for hydroxylation is 1. The van der Waals surface area contributed by atoms with Gasteiger partial charge in [-0.2, -0.15) is 0 Å². The second-order valence-electron chi connectivity index (χ2n) is 6.21. The standard InChI is InChI=1S/C19H22N2O6S/c1-12-5-4-6-16(11-12)26-14(3)19(23)27-13(2)18(22)21-15-7-9-17(10-8-15)28(20,24)25/h4-11,13-14H,1-3H3,(H,21,22)(H2,20,24,25)/t13-,14+/m0/s1. The lowest BCUT2D eigenvalue weighted by Crippen LogP contribution is -2.35. The van der Waals surface area contributed by atoms with Gasteiger partial charge in [0.2, 0.25) is 10.0 Å². The van der Waals surface area contributed by atoms with Gasteiger partial charge >= 0.3 is 5.97 Å². The molecule has 8 nitrogen and oxygen atoms in total. The zero-order valence-electron chi connectivity index (χ0n) is 15.7. The van der Waals surface area contributed by atoms with Crippen molar-refractivity contribution in [2.75, 3.05) is 5.32 Å².